The number of thiophene rings is 1. The van der Waals surface area contributed by atoms with Crippen molar-refractivity contribution in [2.75, 3.05) is 34.9 Å². The summed E-state index contributed by atoms with van der Waals surface area (Å²) in [6, 6.07) is 20.3. The van der Waals surface area contributed by atoms with Crippen LogP contribution in [0, 0.1) is 0 Å². The zero-order valence-electron chi connectivity index (χ0n) is 19.5. The van der Waals surface area contributed by atoms with Gasteiger partial charge in [-0.3, -0.25) is 9.59 Å². The van der Waals surface area contributed by atoms with E-state index in [1.165, 1.54) is 4.90 Å². The van der Waals surface area contributed by atoms with Gasteiger partial charge < -0.3 is 19.1 Å². The Kier molecular flexibility index (Phi) is 6.84. The summed E-state index contributed by atoms with van der Waals surface area (Å²) in [7, 11) is 6.60. The topological polar surface area (TPSA) is 65.1 Å². The van der Waals surface area contributed by atoms with Crippen LogP contribution in [0.4, 0.5) is 0 Å². The third-order valence-electron chi connectivity index (χ3n) is 5.45. The average Bonchev–Trinajstić information content (AvgIpc) is 3.25. The smallest absolute Gasteiger partial charge is 0.259 e. The van der Waals surface area contributed by atoms with Gasteiger partial charge in [0.2, 0.25) is 0 Å². The molecule has 6 nitrogen and oxygen atoms in total. The summed E-state index contributed by atoms with van der Waals surface area (Å²) in [5.41, 5.74) is 2.12. The molecule has 0 aliphatic heterocycles. The minimum atomic E-state index is -0.135. The third-order valence-corrected chi connectivity index (χ3v) is 6.66. The van der Waals surface area contributed by atoms with Gasteiger partial charge in [0.05, 0.1) is 14.2 Å². The van der Waals surface area contributed by atoms with Crippen LogP contribution < -0.4 is 14.2 Å². The SMILES string of the molecule is COc1ccc(-c2sc3cc(OC)ccc3c2C(=O)c2ccc(OCC(=O)N(C)C)cc2)cc1. The van der Waals surface area contributed by atoms with Crippen molar-refractivity contribution < 1.29 is 23.8 Å². The summed E-state index contributed by atoms with van der Waals surface area (Å²) >= 11 is 1.55. The van der Waals surface area contributed by atoms with Gasteiger partial charge in [-0.1, -0.05) is 0 Å². The van der Waals surface area contributed by atoms with Gasteiger partial charge in [0.25, 0.3) is 5.91 Å². The molecular formula is C27H25NO5S. The summed E-state index contributed by atoms with van der Waals surface area (Å²) in [6.45, 7) is -0.0566. The fraction of sp³-hybridized carbons (Fsp3) is 0.185. The Labute approximate surface area is 202 Å². The maximum Gasteiger partial charge on any atom is 0.259 e. The maximum absolute atomic E-state index is 13.7. The summed E-state index contributed by atoms with van der Waals surface area (Å²) in [4.78, 5) is 27.8. The molecule has 3 aromatic carbocycles. The van der Waals surface area contributed by atoms with E-state index in [0.29, 0.717) is 16.9 Å². The molecule has 7 heteroatoms. The number of benzene rings is 3. The molecule has 0 saturated heterocycles. The van der Waals surface area contributed by atoms with E-state index >= 15 is 0 Å². The van der Waals surface area contributed by atoms with E-state index in [0.717, 1.165) is 32.0 Å². The predicted molar refractivity (Wildman–Crippen MR) is 134 cm³/mol. The van der Waals surface area contributed by atoms with Crippen LogP contribution in [-0.2, 0) is 4.79 Å². The van der Waals surface area contributed by atoms with Gasteiger partial charge in [-0.05, 0) is 72.3 Å². The Morgan fingerprint density at radius 1 is 0.824 bits per heavy atom. The van der Waals surface area contributed by atoms with Gasteiger partial charge in [0, 0.05) is 40.2 Å². The van der Waals surface area contributed by atoms with Crippen molar-refractivity contribution in [3.05, 3.63) is 77.9 Å². The molecule has 0 saturated carbocycles. The van der Waals surface area contributed by atoms with Crippen molar-refractivity contribution in [2.24, 2.45) is 0 Å². The molecule has 174 valence electrons. The van der Waals surface area contributed by atoms with E-state index in [9.17, 15) is 9.59 Å². The van der Waals surface area contributed by atoms with Crippen molar-refractivity contribution >= 4 is 33.1 Å². The third kappa shape index (κ3) is 4.75. The number of likely N-dealkylation sites (N-methyl/N-ethyl adjacent to an activating group) is 1. The van der Waals surface area contributed by atoms with Gasteiger partial charge in [0.15, 0.2) is 12.4 Å². The number of methoxy groups -OCH3 is 2. The van der Waals surface area contributed by atoms with E-state index in [4.69, 9.17) is 14.2 Å². The molecule has 0 bridgehead atoms. The molecule has 0 fully saturated rings. The van der Waals surface area contributed by atoms with E-state index in [1.54, 1.807) is 63.9 Å². The predicted octanol–water partition coefficient (Wildman–Crippen LogP) is 5.28. The molecule has 1 amide bonds. The van der Waals surface area contributed by atoms with Gasteiger partial charge in [-0.2, -0.15) is 0 Å². The molecule has 0 unspecified atom stereocenters. The van der Waals surface area contributed by atoms with E-state index in [-0.39, 0.29) is 18.3 Å². The largest absolute Gasteiger partial charge is 0.497 e. The van der Waals surface area contributed by atoms with Crippen molar-refractivity contribution in [2.45, 2.75) is 0 Å². The summed E-state index contributed by atoms with van der Waals surface area (Å²) in [6.07, 6.45) is 0. The highest BCUT2D eigenvalue weighted by Crippen LogP contribution is 2.41. The van der Waals surface area contributed by atoms with Gasteiger partial charge in [0.1, 0.15) is 17.2 Å². The molecule has 0 N–H and O–H groups in total. The first kappa shape index (κ1) is 23.3. The second-order valence-corrected chi connectivity index (χ2v) is 8.88. The molecule has 1 aromatic heterocycles. The standard InChI is InChI=1S/C27H25NO5S/c1-28(2)24(29)16-33-20-11-5-17(6-12-20)26(30)25-22-14-13-21(32-4)15-23(22)34-27(25)18-7-9-19(31-3)10-8-18/h5-15H,16H2,1-4H3. The molecule has 0 aliphatic carbocycles. The van der Waals surface area contributed by atoms with Crippen molar-refractivity contribution in [1.82, 2.24) is 4.90 Å². The summed E-state index contributed by atoms with van der Waals surface area (Å²) < 4.78 is 17.2. The van der Waals surface area contributed by atoms with Crippen LogP contribution in [0.25, 0.3) is 20.5 Å². The molecule has 0 aliphatic rings. The van der Waals surface area contributed by atoms with Gasteiger partial charge in [-0.15, -0.1) is 11.3 Å². The lowest BCUT2D eigenvalue weighted by Gasteiger charge is -2.11. The van der Waals surface area contributed by atoms with E-state index < -0.39 is 0 Å². The monoisotopic (exact) mass is 475 g/mol. The Balaban J connectivity index is 1.71. The van der Waals surface area contributed by atoms with Crippen molar-refractivity contribution in [1.29, 1.82) is 0 Å². The average molecular weight is 476 g/mol. The first-order valence-electron chi connectivity index (χ1n) is 10.6. The number of rotatable bonds is 8. The molecule has 0 atom stereocenters. The Morgan fingerprint density at radius 3 is 2.06 bits per heavy atom. The minimum Gasteiger partial charge on any atom is -0.497 e. The summed E-state index contributed by atoms with van der Waals surface area (Å²) in [5.74, 6) is 1.80. The van der Waals surface area contributed by atoms with Gasteiger partial charge in [-0.25, -0.2) is 0 Å². The van der Waals surface area contributed by atoms with Gasteiger partial charge >= 0.3 is 0 Å². The molecule has 4 rings (SSSR count). The van der Waals surface area contributed by atoms with E-state index in [2.05, 4.69) is 0 Å². The second kappa shape index (κ2) is 9.97. The Hall–Kier alpha value is -3.84. The second-order valence-electron chi connectivity index (χ2n) is 7.83. The fourth-order valence-electron chi connectivity index (χ4n) is 3.50. The molecular weight excluding hydrogens is 450 g/mol. The maximum atomic E-state index is 13.7. The quantitative estimate of drug-likeness (QED) is 0.324. The number of hydrogen-bond acceptors (Lipinski definition) is 6. The molecule has 0 radical (unpaired) electrons. The summed E-state index contributed by atoms with van der Waals surface area (Å²) in [5, 5.41) is 0.874. The minimum absolute atomic E-state index is 0.0566. The van der Waals surface area contributed by atoms with Crippen LogP contribution in [0.5, 0.6) is 17.2 Å². The lowest BCUT2D eigenvalue weighted by atomic mass is 9.97. The van der Waals surface area contributed by atoms with Crippen molar-refractivity contribution in [3.63, 3.8) is 0 Å². The first-order valence-corrected chi connectivity index (χ1v) is 11.5. The zero-order chi connectivity index (χ0) is 24.2. The number of nitrogens with zero attached hydrogens (tertiary/aromatic N) is 1. The number of carbonyl (C=O) groups is 2. The fourth-order valence-corrected chi connectivity index (χ4v) is 4.73. The molecule has 4 aromatic rings. The van der Waals surface area contributed by atoms with Crippen LogP contribution in [0.15, 0.2) is 66.7 Å². The normalized spacial score (nSPS) is 10.7. The highest BCUT2D eigenvalue weighted by atomic mass is 32.1. The molecule has 0 spiro atoms. The van der Waals surface area contributed by atoms with Crippen LogP contribution in [-0.4, -0.2) is 51.5 Å². The first-order chi connectivity index (χ1) is 16.4. The van der Waals surface area contributed by atoms with Crippen molar-refractivity contribution in [3.8, 4) is 27.7 Å². The highest BCUT2D eigenvalue weighted by molar-refractivity contribution is 7.22. The zero-order valence-corrected chi connectivity index (χ0v) is 20.3. The van der Waals surface area contributed by atoms with Crippen LogP contribution in [0.1, 0.15) is 15.9 Å². The highest BCUT2D eigenvalue weighted by Gasteiger charge is 2.22. The number of amides is 1. The number of hydrogen-bond donors (Lipinski definition) is 0. The molecule has 34 heavy (non-hydrogen) atoms. The Morgan fingerprint density at radius 2 is 1.44 bits per heavy atom. The number of ketones is 1. The van der Waals surface area contributed by atoms with Crippen LogP contribution >= 0.6 is 11.3 Å². The van der Waals surface area contributed by atoms with Crippen LogP contribution in [0.2, 0.25) is 0 Å². The molecule has 1 heterocycles. The number of carbonyl (C=O) groups excluding carboxylic acids is 2. The van der Waals surface area contributed by atoms with Crippen LogP contribution in [0.3, 0.4) is 0 Å². The lowest BCUT2D eigenvalue weighted by molar-refractivity contribution is -0.130. The number of ether oxygens (including phenoxy) is 3. The van der Waals surface area contributed by atoms with E-state index in [1.807, 2.05) is 42.5 Å². The lowest BCUT2D eigenvalue weighted by Crippen LogP contribution is -2.27. The Bertz CT molecular complexity index is 1320. The number of fused-ring (bicyclic) bond motifs is 1.